The predicted molar refractivity (Wildman–Crippen MR) is 78.2 cm³/mol. The van der Waals surface area contributed by atoms with Crippen LogP contribution in [0.25, 0.3) is 0 Å². The first-order valence-electron chi connectivity index (χ1n) is 5.79. The highest BCUT2D eigenvalue weighted by Gasteiger charge is 2.09. The molecule has 0 amide bonds. The average molecular weight is 342 g/mol. The molecule has 19 heavy (non-hydrogen) atoms. The van der Waals surface area contributed by atoms with Crippen molar-refractivity contribution in [2.75, 3.05) is 0 Å². The van der Waals surface area contributed by atoms with E-state index >= 15 is 0 Å². The summed E-state index contributed by atoms with van der Waals surface area (Å²) in [4.78, 5) is 12.0. The maximum absolute atomic E-state index is 13.0. The largest absolute Gasteiger partial charge is 0.294 e. The molecule has 0 radical (unpaired) electrons. The van der Waals surface area contributed by atoms with E-state index < -0.39 is 5.82 Å². The molecule has 0 spiro atoms. The Morgan fingerprint density at radius 3 is 2.47 bits per heavy atom. The number of carbonyl (C=O) groups is 1. The zero-order valence-corrected chi connectivity index (χ0v) is 12.3. The Labute approximate surface area is 124 Å². The van der Waals surface area contributed by atoms with Crippen molar-refractivity contribution in [2.45, 2.75) is 12.8 Å². The van der Waals surface area contributed by atoms with Crippen LogP contribution in [0.2, 0.25) is 5.02 Å². The Hall–Kier alpha value is -1.19. The molecule has 0 N–H and O–H groups in total. The van der Waals surface area contributed by atoms with Crippen LogP contribution in [0.5, 0.6) is 0 Å². The molecule has 2 rings (SSSR count). The first-order valence-corrected chi connectivity index (χ1v) is 6.96. The van der Waals surface area contributed by atoms with Crippen LogP contribution in [0.15, 0.2) is 46.9 Å². The monoisotopic (exact) mass is 340 g/mol. The van der Waals surface area contributed by atoms with Crippen molar-refractivity contribution in [3.63, 3.8) is 0 Å². The lowest BCUT2D eigenvalue weighted by molar-refractivity contribution is 0.0983. The number of rotatable bonds is 4. The standard InChI is InChI=1S/C15H11BrClFO/c16-12-5-1-10(2-6-12)3-8-15(19)11-4-7-14(18)13(17)9-11/h1-2,4-7,9H,3,8H2. The third kappa shape index (κ3) is 3.88. The van der Waals surface area contributed by atoms with Crippen LogP contribution < -0.4 is 0 Å². The van der Waals surface area contributed by atoms with Gasteiger partial charge in [0.15, 0.2) is 5.78 Å². The van der Waals surface area contributed by atoms with E-state index in [-0.39, 0.29) is 10.8 Å². The fourth-order valence-electron chi connectivity index (χ4n) is 1.72. The van der Waals surface area contributed by atoms with Gasteiger partial charge in [0, 0.05) is 16.5 Å². The average Bonchev–Trinajstić information content (AvgIpc) is 2.41. The van der Waals surface area contributed by atoms with Crippen LogP contribution >= 0.6 is 27.5 Å². The maximum Gasteiger partial charge on any atom is 0.163 e. The SMILES string of the molecule is O=C(CCc1ccc(Br)cc1)c1ccc(F)c(Cl)c1. The van der Waals surface area contributed by atoms with E-state index in [1.54, 1.807) is 0 Å². The van der Waals surface area contributed by atoms with Crippen molar-refractivity contribution in [3.8, 4) is 0 Å². The molecule has 2 aromatic rings. The van der Waals surface area contributed by atoms with Crippen molar-refractivity contribution in [1.82, 2.24) is 0 Å². The lowest BCUT2D eigenvalue weighted by Gasteiger charge is -2.03. The number of Topliss-reactive ketones (excluding diaryl/α,β-unsaturated/α-hetero) is 1. The number of aryl methyl sites for hydroxylation is 1. The number of benzene rings is 2. The van der Waals surface area contributed by atoms with E-state index in [4.69, 9.17) is 11.6 Å². The zero-order valence-electron chi connectivity index (χ0n) is 10.00. The normalized spacial score (nSPS) is 10.5. The molecule has 0 bridgehead atoms. The van der Waals surface area contributed by atoms with E-state index in [0.29, 0.717) is 18.4 Å². The van der Waals surface area contributed by atoms with Crippen LogP contribution in [0, 0.1) is 5.82 Å². The van der Waals surface area contributed by atoms with Gasteiger partial charge in [-0.2, -0.15) is 0 Å². The van der Waals surface area contributed by atoms with Crippen molar-refractivity contribution in [1.29, 1.82) is 0 Å². The smallest absolute Gasteiger partial charge is 0.163 e. The Balaban J connectivity index is 2.01. The molecule has 0 aliphatic heterocycles. The molecule has 1 nitrogen and oxygen atoms in total. The predicted octanol–water partition coefficient (Wildman–Crippen LogP) is 5.06. The van der Waals surface area contributed by atoms with Gasteiger partial charge in [0.25, 0.3) is 0 Å². The summed E-state index contributed by atoms with van der Waals surface area (Å²) in [6.07, 6.45) is 1.03. The van der Waals surface area contributed by atoms with Crippen LogP contribution in [0.4, 0.5) is 4.39 Å². The van der Waals surface area contributed by atoms with Gasteiger partial charge in [0.1, 0.15) is 5.82 Å². The highest BCUT2D eigenvalue weighted by molar-refractivity contribution is 9.10. The van der Waals surface area contributed by atoms with Gasteiger partial charge in [-0.3, -0.25) is 4.79 Å². The van der Waals surface area contributed by atoms with E-state index in [0.717, 1.165) is 10.0 Å². The summed E-state index contributed by atoms with van der Waals surface area (Å²) < 4.78 is 14.0. The molecule has 0 aliphatic rings. The van der Waals surface area contributed by atoms with Crippen molar-refractivity contribution < 1.29 is 9.18 Å². The quantitative estimate of drug-likeness (QED) is 0.711. The zero-order chi connectivity index (χ0) is 13.8. The summed E-state index contributed by atoms with van der Waals surface area (Å²) >= 11 is 9.02. The fourth-order valence-corrected chi connectivity index (χ4v) is 2.17. The van der Waals surface area contributed by atoms with Crippen LogP contribution in [-0.4, -0.2) is 5.78 Å². The molecule has 0 atom stereocenters. The maximum atomic E-state index is 13.0. The summed E-state index contributed by atoms with van der Waals surface area (Å²) in [7, 11) is 0. The molecule has 0 saturated carbocycles. The Bertz CT molecular complexity index is 596. The van der Waals surface area contributed by atoms with Gasteiger partial charge >= 0.3 is 0 Å². The van der Waals surface area contributed by atoms with E-state index in [1.807, 2.05) is 24.3 Å². The van der Waals surface area contributed by atoms with E-state index in [9.17, 15) is 9.18 Å². The van der Waals surface area contributed by atoms with Gasteiger partial charge in [0.2, 0.25) is 0 Å². The second-order valence-electron chi connectivity index (χ2n) is 4.18. The number of carbonyl (C=O) groups excluding carboxylic acids is 1. The van der Waals surface area contributed by atoms with Gasteiger partial charge in [-0.25, -0.2) is 4.39 Å². The summed E-state index contributed by atoms with van der Waals surface area (Å²) in [5.41, 5.74) is 1.54. The van der Waals surface area contributed by atoms with Gasteiger partial charge < -0.3 is 0 Å². The number of hydrogen-bond acceptors (Lipinski definition) is 1. The summed E-state index contributed by atoms with van der Waals surface area (Å²) in [5, 5.41) is -0.0190. The molecular weight excluding hydrogens is 331 g/mol. The minimum atomic E-state index is -0.508. The van der Waals surface area contributed by atoms with Crippen molar-refractivity contribution >= 4 is 33.3 Å². The first-order chi connectivity index (χ1) is 9.06. The van der Waals surface area contributed by atoms with Gasteiger partial charge in [-0.1, -0.05) is 39.7 Å². The number of ketones is 1. The minimum Gasteiger partial charge on any atom is -0.294 e. The van der Waals surface area contributed by atoms with E-state index in [2.05, 4.69) is 15.9 Å². The summed E-state index contributed by atoms with van der Waals surface area (Å²) in [6.45, 7) is 0. The second kappa shape index (κ2) is 6.31. The van der Waals surface area contributed by atoms with Crippen molar-refractivity contribution in [3.05, 3.63) is 68.9 Å². The molecule has 0 aromatic heterocycles. The van der Waals surface area contributed by atoms with Gasteiger partial charge in [-0.05, 0) is 42.3 Å². The molecule has 0 unspecified atom stereocenters. The molecule has 2 aromatic carbocycles. The van der Waals surface area contributed by atoms with Crippen LogP contribution in [-0.2, 0) is 6.42 Å². The molecule has 0 saturated heterocycles. The Morgan fingerprint density at radius 1 is 1.16 bits per heavy atom. The molecule has 0 aliphatic carbocycles. The summed E-state index contributed by atoms with van der Waals surface area (Å²) in [6, 6.07) is 11.9. The third-order valence-corrected chi connectivity index (χ3v) is 3.61. The van der Waals surface area contributed by atoms with Gasteiger partial charge in [-0.15, -0.1) is 0 Å². The van der Waals surface area contributed by atoms with Gasteiger partial charge in [0.05, 0.1) is 5.02 Å². The lowest BCUT2D eigenvalue weighted by Crippen LogP contribution is -2.01. The Morgan fingerprint density at radius 2 is 1.84 bits per heavy atom. The van der Waals surface area contributed by atoms with Crippen molar-refractivity contribution in [2.24, 2.45) is 0 Å². The third-order valence-electron chi connectivity index (χ3n) is 2.80. The van der Waals surface area contributed by atoms with Crippen LogP contribution in [0.1, 0.15) is 22.3 Å². The number of hydrogen-bond donors (Lipinski definition) is 0. The fraction of sp³-hybridized carbons (Fsp3) is 0.133. The molecule has 0 heterocycles. The second-order valence-corrected chi connectivity index (χ2v) is 5.50. The molecule has 4 heteroatoms. The molecule has 0 fully saturated rings. The van der Waals surface area contributed by atoms with E-state index in [1.165, 1.54) is 18.2 Å². The highest BCUT2D eigenvalue weighted by atomic mass is 79.9. The molecular formula is C15H11BrClFO. The number of halogens is 3. The highest BCUT2D eigenvalue weighted by Crippen LogP contribution is 2.18. The Kier molecular flexibility index (Phi) is 4.72. The topological polar surface area (TPSA) is 17.1 Å². The first kappa shape index (κ1) is 14.2. The lowest BCUT2D eigenvalue weighted by atomic mass is 10.0. The molecule has 98 valence electrons. The summed E-state index contributed by atoms with van der Waals surface area (Å²) in [5.74, 6) is -0.545. The van der Waals surface area contributed by atoms with Crippen LogP contribution in [0.3, 0.4) is 0 Å². The minimum absolute atomic E-state index is 0.0190.